The van der Waals surface area contributed by atoms with Gasteiger partial charge >= 0.3 is 0 Å². The summed E-state index contributed by atoms with van der Waals surface area (Å²) in [5.41, 5.74) is 1.55. The number of rotatable bonds is 4. The molecule has 1 N–H and O–H groups in total. The topological polar surface area (TPSA) is 88.3 Å². The van der Waals surface area contributed by atoms with Crippen LogP contribution < -0.4 is 10.2 Å². The Morgan fingerprint density at radius 1 is 1.17 bits per heavy atom. The maximum atomic E-state index is 12.8. The van der Waals surface area contributed by atoms with Crippen molar-refractivity contribution in [2.75, 3.05) is 11.4 Å². The van der Waals surface area contributed by atoms with Crippen LogP contribution >= 0.6 is 0 Å². The lowest BCUT2D eigenvalue weighted by atomic mass is 9.96. The highest BCUT2D eigenvalue weighted by atomic mass is 16.5. The molecule has 2 aromatic rings. The fourth-order valence-corrected chi connectivity index (χ4v) is 4.28. The van der Waals surface area contributed by atoms with Crippen LogP contribution in [0.2, 0.25) is 0 Å². The normalized spacial score (nSPS) is 21.1. The van der Waals surface area contributed by atoms with E-state index >= 15 is 0 Å². The van der Waals surface area contributed by atoms with Gasteiger partial charge in [0, 0.05) is 37.2 Å². The van der Waals surface area contributed by atoms with Crippen LogP contribution in [0.5, 0.6) is 0 Å². The standard InChI is InChI=1S/C22H28N4O3/c1-15-23-21(25-29-15)16-8-7-11-19(12-16)26-14-17(13-20(26)27)22(28)24-18-9-5-3-2-4-6-10-18/h7-8,11-12,17-18H,2-6,9-10,13-14H2,1H3,(H,24,28)/t17-/m0/s1. The molecule has 4 rings (SSSR count). The smallest absolute Gasteiger partial charge is 0.227 e. The van der Waals surface area contributed by atoms with Gasteiger partial charge in [-0.1, -0.05) is 49.4 Å². The molecule has 1 aliphatic carbocycles. The second kappa shape index (κ2) is 8.76. The summed E-state index contributed by atoms with van der Waals surface area (Å²) in [6.45, 7) is 2.15. The highest BCUT2D eigenvalue weighted by molar-refractivity contribution is 6.00. The summed E-state index contributed by atoms with van der Waals surface area (Å²) in [4.78, 5) is 31.4. The van der Waals surface area contributed by atoms with Gasteiger partial charge in [0.05, 0.1) is 5.92 Å². The predicted octanol–water partition coefficient (Wildman–Crippen LogP) is 3.63. The predicted molar refractivity (Wildman–Crippen MR) is 109 cm³/mol. The fourth-order valence-electron chi connectivity index (χ4n) is 4.28. The Morgan fingerprint density at radius 2 is 1.93 bits per heavy atom. The van der Waals surface area contributed by atoms with Gasteiger partial charge in [-0.25, -0.2) is 0 Å². The van der Waals surface area contributed by atoms with E-state index in [-0.39, 0.29) is 30.2 Å². The number of benzene rings is 1. The zero-order chi connectivity index (χ0) is 20.2. The van der Waals surface area contributed by atoms with Crippen molar-refractivity contribution in [3.8, 4) is 11.4 Å². The molecular formula is C22H28N4O3. The van der Waals surface area contributed by atoms with E-state index in [1.54, 1.807) is 11.8 Å². The van der Waals surface area contributed by atoms with Gasteiger partial charge in [0.25, 0.3) is 0 Å². The van der Waals surface area contributed by atoms with Crippen LogP contribution in [0.3, 0.4) is 0 Å². The van der Waals surface area contributed by atoms with Crippen LogP contribution in [-0.4, -0.2) is 34.5 Å². The molecule has 1 aliphatic heterocycles. The average molecular weight is 396 g/mol. The molecule has 7 heteroatoms. The van der Waals surface area contributed by atoms with Crippen LogP contribution in [0.4, 0.5) is 5.69 Å². The third-order valence-electron chi connectivity index (χ3n) is 5.89. The number of anilines is 1. The second-order valence-electron chi connectivity index (χ2n) is 8.14. The average Bonchev–Trinajstić information content (AvgIpc) is 3.30. The summed E-state index contributed by atoms with van der Waals surface area (Å²) >= 11 is 0. The van der Waals surface area contributed by atoms with Crippen LogP contribution in [0.1, 0.15) is 57.3 Å². The van der Waals surface area contributed by atoms with E-state index in [1.165, 1.54) is 32.1 Å². The summed E-state index contributed by atoms with van der Waals surface area (Å²) < 4.78 is 5.05. The maximum absolute atomic E-state index is 12.8. The minimum atomic E-state index is -0.302. The quantitative estimate of drug-likeness (QED) is 0.853. The Morgan fingerprint density at radius 3 is 2.66 bits per heavy atom. The molecule has 7 nitrogen and oxygen atoms in total. The Hall–Kier alpha value is -2.70. The monoisotopic (exact) mass is 396 g/mol. The van der Waals surface area contributed by atoms with Crippen molar-refractivity contribution < 1.29 is 14.1 Å². The van der Waals surface area contributed by atoms with Crippen molar-refractivity contribution in [3.05, 3.63) is 30.2 Å². The van der Waals surface area contributed by atoms with Gasteiger partial charge in [0.2, 0.25) is 23.5 Å². The van der Waals surface area contributed by atoms with E-state index in [1.807, 2.05) is 24.3 Å². The zero-order valence-corrected chi connectivity index (χ0v) is 16.9. The van der Waals surface area contributed by atoms with Crippen molar-refractivity contribution >= 4 is 17.5 Å². The van der Waals surface area contributed by atoms with Gasteiger partial charge in [-0.2, -0.15) is 4.98 Å². The molecule has 2 heterocycles. The Balaban J connectivity index is 1.42. The molecular weight excluding hydrogens is 368 g/mol. The Bertz CT molecular complexity index is 870. The first kappa shape index (κ1) is 19.6. The van der Waals surface area contributed by atoms with Crippen molar-refractivity contribution in [2.45, 2.75) is 64.3 Å². The van der Waals surface area contributed by atoms with Gasteiger partial charge < -0.3 is 14.7 Å². The van der Waals surface area contributed by atoms with Crippen molar-refractivity contribution in [2.24, 2.45) is 5.92 Å². The molecule has 2 fully saturated rings. The summed E-state index contributed by atoms with van der Waals surface area (Å²) in [5.74, 6) is 0.674. The maximum Gasteiger partial charge on any atom is 0.227 e. The van der Waals surface area contributed by atoms with Crippen LogP contribution in [0.15, 0.2) is 28.8 Å². The number of aryl methyl sites for hydroxylation is 1. The Labute approximate surface area is 170 Å². The molecule has 1 aromatic heterocycles. The van der Waals surface area contributed by atoms with Crippen molar-refractivity contribution in [1.82, 2.24) is 15.5 Å². The number of hydrogen-bond acceptors (Lipinski definition) is 5. The van der Waals surface area contributed by atoms with Gasteiger partial charge in [0.1, 0.15) is 0 Å². The van der Waals surface area contributed by atoms with Gasteiger partial charge in [0.15, 0.2) is 0 Å². The van der Waals surface area contributed by atoms with E-state index in [4.69, 9.17) is 4.52 Å². The number of amides is 2. The number of nitrogens with one attached hydrogen (secondary N) is 1. The van der Waals surface area contributed by atoms with Crippen LogP contribution in [0.25, 0.3) is 11.4 Å². The summed E-state index contributed by atoms with van der Waals surface area (Å²) in [7, 11) is 0. The lowest BCUT2D eigenvalue weighted by molar-refractivity contribution is -0.127. The molecule has 1 atom stereocenters. The summed E-state index contributed by atoms with van der Waals surface area (Å²) in [6.07, 6.45) is 8.48. The van der Waals surface area contributed by atoms with Crippen molar-refractivity contribution in [1.29, 1.82) is 0 Å². The molecule has 29 heavy (non-hydrogen) atoms. The first-order valence-corrected chi connectivity index (χ1v) is 10.6. The van der Waals surface area contributed by atoms with Gasteiger partial charge in [-0.3, -0.25) is 9.59 Å². The van der Waals surface area contributed by atoms with E-state index < -0.39 is 0 Å². The lowest BCUT2D eigenvalue weighted by Gasteiger charge is -2.23. The van der Waals surface area contributed by atoms with Gasteiger partial charge in [-0.15, -0.1) is 0 Å². The van der Waals surface area contributed by atoms with E-state index in [9.17, 15) is 9.59 Å². The molecule has 0 unspecified atom stereocenters. The molecule has 1 aromatic carbocycles. The third kappa shape index (κ3) is 4.66. The Kier molecular flexibility index (Phi) is 5.92. The number of carbonyl (C=O) groups excluding carboxylic acids is 2. The molecule has 2 aliphatic rings. The number of carbonyl (C=O) groups is 2. The van der Waals surface area contributed by atoms with Crippen LogP contribution in [-0.2, 0) is 9.59 Å². The largest absolute Gasteiger partial charge is 0.353 e. The molecule has 154 valence electrons. The van der Waals surface area contributed by atoms with E-state index in [0.29, 0.717) is 18.3 Å². The SMILES string of the molecule is Cc1nc(-c2cccc(N3C[C@@H](C(=O)NC4CCCCCCC4)CC3=O)c2)no1. The molecule has 1 saturated heterocycles. The summed E-state index contributed by atoms with van der Waals surface area (Å²) in [5, 5.41) is 7.15. The zero-order valence-electron chi connectivity index (χ0n) is 16.9. The molecule has 0 radical (unpaired) electrons. The highest BCUT2D eigenvalue weighted by Crippen LogP contribution is 2.29. The second-order valence-corrected chi connectivity index (χ2v) is 8.14. The van der Waals surface area contributed by atoms with E-state index in [0.717, 1.165) is 24.1 Å². The minimum Gasteiger partial charge on any atom is -0.353 e. The molecule has 0 bridgehead atoms. The van der Waals surface area contributed by atoms with E-state index in [2.05, 4.69) is 15.5 Å². The highest BCUT2D eigenvalue weighted by Gasteiger charge is 2.36. The molecule has 1 saturated carbocycles. The van der Waals surface area contributed by atoms with Gasteiger partial charge in [-0.05, 0) is 25.0 Å². The third-order valence-corrected chi connectivity index (χ3v) is 5.89. The number of hydrogen-bond donors (Lipinski definition) is 1. The van der Waals surface area contributed by atoms with Crippen LogP contribution in [0, 0.1) is 12.8 Å². The van der Waals surface area contributed by atoms with Crippen molar-refractivity contribution in [3.63, 3.8) is 0 Å². The minimum absolute atomic E-state index is 0.0105. The summed E-state index contributed by atoms with van der Waals surface area (Å²) in [6, 6.07) is 7.75. The number of nitrogens with zero attached hydrogens (tertiary/aromatic N) is 3. The lowest BCUT2D eigenvalue weighted by Crippen LogP contribution is -2.40. The fraction of sp³-hybridized carbons (Fsp3) is 0.545. The molecule has 2 amide bonds. The molecule has 0 spiro atoms. The first-order chi connectivity index (χ1) is 14.1. The first-order valence-electron chi connectivity index (χ1n) is 10.6. The number of aromatic nitrogens is 2.